The Labute approximate surface area is 114 Å². The molecular formula is C9H9Cl2N3O3S. The number of carbonyl (C=O) groups is 1. The highest BCUT2D eigenvalue weighted by atomic mass is 35.5. The summed E-state index contributed by atoms with van der Waals surface area (Å²) in [7, 11) is -3.11. The van der Waals surface area contributed by atoms with Crippen LogP contribution in [0.15, 0.2) is 6.33 Å². The van der Waals surface area contributed by atoms with E-state index in [1.165, 1.54) is 6.33 Å². The molecule has 1 aliphatic rings. The van der Waals surface area contributed by atoms with Gasteiger partial charge >= 0.3 is 0 Å². The van der Waals surface area contributed by atoms with Crippen molar-refractivity contribution in [2.75, 3.05) is 16.8 Å². The van der Waals surface area contributed by atoms with Crippen molar-refractivity contribution < 1.29 is 13.2 Å². The first kappa shape index (κ1) is 13.5. The molecule has 1 N–H and O–H groups in total. The Bertz CT molecular complexity index is 570. The first-order valence-electron chi connectivity index (χ1n) is 5.06. The summed E-state index contributed by atoms with van der Waals surface area (Å²) in [5.41, 5.74) is 0.107. The average Bonchev–Trinajstić information content (AvgIpc) is 2.64. The molecule has 1 aliphatic heterocycles. The van der Waals surface area contributed by atoms with Crippen molar-refractivity contribution in [1.82, 2.24) is 9.97 Å². The predicted octanol–water partition coefficient (Wildman–Crippen LogP) is 1.16. The average molecular weight is 310 g/mol. The van der Waals surface area contributed by atoms with Gasteiger partial charge in [-0.05, 0) is 6.42 Å². The van der Waals surface area contributed by atoms with Crippen LogP contribution in [0.5, 0.6) is 0 Å². The van der Waals surface area contributed by atoms with E-state index in [2.05, 4.69) is 15.3 Å². The summed E-state index contributed by atoms with van der Waals surface area (Å²) in [6.07, 6.45) is 1.47. The summed E-state index contributed by atoms with van der Waals surface area (Å²) in [4.78, 5) is 19.2. The fraction of sp³-hybridized carbons (Fsp3) is 0.444. The molecule has 0 aromatic carbocycles. The second-order valence-corrected chi connectivity index (χ2v) is 6.86. The number of hydrogen-bond acceptors (Lipinski definition) is 5. The molecule has 1 saturated heterocycles. The first-order chi connectivity index (χ1) is 8.39. The van der Waals surface area contributed by atoms with Gasteiger partial charge in [-0.2, -0.15) is 0 Å². The number of aromatic nitrogens is 2. The summed E-state index contributed by atoms with van der Waals surface area (Å²) in [6.45, 7) is 0. The number of amides is 1. The maximum atomic E-state index is 11.9. The van der Waals surface area contributed by atoms with Crippen LogP contribution in [-0.2, 0) is 14.6 Å². The SMILES string of the molecule is O=C(Nc1c(Cl)ncnc1Cl)C1CCS(=O)(=O)C1. The van der Waals surface area contributed by atoms with Gasteiger partial charge in [-0.1, -0.05) is 23.2 Å². The quantitative estimate of drug-likeness (QED) is 0.828. The molecule has 2 heterocycles. The van der Waals surface area contributed by atoms with Crippen molar-refractivity contribution >= 4 is 44.6 Å². The van der Waals surface area contributed by atoms with Crippen molar-refractivity contribution in [3.05, 3.63) is 16.6 Å². The Morgan fingerprint density at radius 1 is 1.33 bits per heavy atom. The van der Waals surface area contributed by atoms with Gasteiger partial charge in [0.1, 0.15) is 12.0 Å². The number of nitrogens with zero attached hydrogens (tertiary/aromatic N) is 2. The lowest BCUT2D eigenvalue weighted by Crippen LogP contribution is -2.24. The lowest BCUT2D eigenvalue weighted by Gasteiger charge is -2.10. The number of anilines is 1. The van der Waals surface area contributed by atoms with Gasteiger partial charge in [0.05, 0.1) is 17.4 Å². The summed E-state index contributed by atoms with van der Waals surface area (Å²) >= 11 is 11.5. The van der Waals surface area contributed by atoms with Gasteiger partial charge in [0, 0.05) is 0 Å². The van der Waals surface area contributed by atoms with Gasteiger partial charge < -0.3 is 5.32 Å². The monoisotopic (exact) mass is 309 g/mol. The molecule has 2 rings (SSSR count). The molecule has 1 unspecified atom stereocenters. The molecule has 98 valence electrons. The molecular weight excluding hydrogens is 301 g/mol. The van der Waals surface area contributed by atoms with Crippen LogP contribution in [-0.4, -0.2) is 35.8 Å². The van der Waals surface area contributed by atoms with Crippen LogP contribution in [0.3, 0.4) is 0 Å². The molecule has 0 spiro atoms. The Balaban J connectivity index is 2.13. The fourth-order valence-electron chi connectivity index (χ4n) is 1.67. The number of hydrogen-bond donors (Lipinski definition) is 1. The number of rotatable bonds is 2. The smallest absolute Gasteiger partial charge is 0.228 e. The van der Waals surface area contributed by atoms with Crippen molar-refractivity contribution in [2.24, 2.45) is 5.92 Å². The summed E-state index contributed by atoms with van der Waals surface area (Å²) in [6, 6.07) is 0. The summed E-state index contributed by atoms with van der Waals surface area (Å²) < 4.78 is 22.5. The fourth-order valence-corrected chi connectivity index (χ4v) is 3.83. The lowest BCUT2D eigenvalue weighted by atomic mass is 10.1. The van der Waals surface area contributed by atoms with E-state index in [0.29, 0.717) is 6.42 Å². The third kappa shape index (κ3) is 2.90. The summed E-state index contributed by atoms with van der Waals surface area (Å²) in [5, 5.41) is 2.50. The van der Waals surface area contributed by atoms with Gasteiger partial charge in [-0.25, -0.2) is 18.4 Å². The summed E-state index contributed by atoms with van der Waals surface area (Å²) in [5.74, 6) is -1.14. The molecule has 0 saturated carbocycles. The maximum Gasteiger partial charge on any atom is 0.228 e. The zero-order valence-corrected chi connectivity index (χ0v) is 11.4. The van der Waals surface area contributed by atoms with E-state index in [1.54, 1.807) is 0 Å². The molecule has 1 fully saturated rings. The molecule has 0 aliphatic carbocycles. The molecule has 0 radical (unpaired) electrons. The zero-order chi connectivity index (χ0) is 13.3. The number of nitrogens with one attached hydrogen (secondary N) is 1. The van der Waals surface area contributed by atoms with Gasteiger partial charge in [0.25, 0.3) is 0 Å². The maximum absolute atomic E-state index is 11.9. The molecule has 6 nitrogen and oxygen atoms in total. The standard InChI is InChI=1S/C9H9Cl2N3O3S/c10-7-6(8(11)13-4-12-7)14-9(15)5-1-2-18(16,17)3-5/h4-5H,1-3H2,(H,14,15). The number of carbonyl (C=O) groups excluding carboxylic acids is 1. The number of halogens is 2. The van der Waals surface area contributed by atoms with Crippen molar-refractivity contribution in [1.29, 1.82) is 0 Å². The van der Waals surface area contributed by atoms with E-state index in [-0.39, 0.29) is 27.5 Å². The van der Waals surface area contributed by atoms with Gasteiger partial charge in [-0.15, -0.1) is 0 Å². The molecule has 1 aromatic heterocycles. The highest BCUT2D eigenvalue weighted by molar-refractivity contribution is 7.91. The van der Waals surface area contributed by atoms with Crippen LogP contribution in [0, 0.1) is 5.92 Å². The molecule has 1 atom stereocenters. The van der Waals surface area contributed by atoms with Gasteiger partial charge in [0.2, 0.25) is 5.91 Å². The van der Waals surface area contributed by atoms with Crippen molar-refractivity contribution in [2.45, 2.75) is 6.42 Å². The van der Waals surface area contributed by atoms with E-state index >= 15 is 0 Å². The Kier molecular flexibility index (Phi) is 3.74. The van der Waals surface area contributed by atoms with Crippen molar-refractivity contribution in [3.8, 4) is 0 Å². The van der Waals surface area contributed by atoms with Crippen LogP contribution >= 0.6 is 23.2 Å². The minimum Gasteiger partial charge on any atom is -0.321 e. The largest absolute Gasteiger partial charge is 0.321 e. The molecule has 1 aromatic rings. The highest BCUT2D eigenvalue weighted by Crippen LogP contribution is 2.27. The van der Waals surface area contributed by atoms with Crippen LogP contribution in [0.1, 0.15) is 6.42 Å². The second kappa shape index (κ2) is 4.99. The van der Waals surface area contributed by atoms with Gasteiger partial charge in [0.15, 0.2) is 20.1 Å². The topological polar surface area (TPSA) is 89.0 Å². The molecule has 18 heavy (non-hydrogen) atoms. The third-order valence-electron chi connectivity index (χ3n) is 2.61. The van der Waals surface area contributed by atoms with Crippen LogP contribution in [0.25, 0.3) is 0 Å². The van der Waals surface area contributed by atoms with E-state index < -0.39 is 21.7 Å². The molecule has 9 heteroatoms. The van der Waals surface area contributed by atoms with E-state index in [4.69, 9.17) is 23.2 Å². The predicted molar refractivity (Wildman–Crippen MR) is 67.4 cm³/mol. The zero-order valence-electron chi connectivity index (χ0n) is 9.06. The Hall–Kier alpha value is -0.920. The number of sulfone groups is 1. The highest BCUT2D eigenvalue weighted by Gasteiger charge is 2.33. The molecule has 1 amide bonds. The normalized spacial score (nSPS) is 21.8. The lowest BCUT2D eigenvalue weighted by molar-refractivity contribution is -0.119. The molecule has 0 bridgehead atoms. The Morgan fingerprint density at radius 3 is 2.44 bits per heavy atom. The van der Waals surface area contributed by atoms with Crippen LogP contribution in [0.4, 0.5) is 5.69 Å². The van der Waals surface area contributed by atoms with Crippen LogP contribution in [0.2, 0.25) is 10.3 Å². The van der Waals surface area contributed by atoms with E-state index in [1.807, 2.05) is 0 Å². The third-order valence-corrected chi connectivity index (χ3v) is 4.95. The minimum absolute atomic E-state index is 0.0178. The van der Waals surface area contributed by atoms with Gasteiger partial charge in [-0.3, -0.25) is 4.79 Å². The van der Waals surface area contributed by atoms with E-state index in [0.717, 1.165) is 0 Å². The van der Waals surface area contributed by atoms with Crippen molar-refractivity contribution in [3.63, 3.8) is 0 Å². The minimum atomic E-state index is -3.11. The Morgan fingerprint density at radius 2 is 1.94 bits per heavy atom. The first-order valence-corrected chi connectivity index (χ1v) is 7.64. The van der Waals surface area contributed by atoms with Crippen LogP contribution < -0.4 is 5.32 Å². The second-order valence-electron chi connectivity index (χ2n) is 3.92. The van der Waals surface area contributed by atoms with E-state index in [9.17, 15) is 13.2 Å².